The van der Waals surface area contributed by atoms with Crippen LogP contribution in [0.1, 0.15) is 31.2 Å². The summed E-state index contributed by atoms with van der Waals surface area (Å²) < 4.78 is 37.6. The van der Waals surface area contributed by atoms with Crippen molar-refractivity contribution in [2.75, 3.05) is 11.9 Å². The van der Waals surface area contributed by atoms with E-state index < -0.39 is 11.7 Å². The maximum absolute atomic E-state index is 12.5. The average molecular weight is 351 g/mol. The Balaban J connectivity index is 1.47. The summed E-state index contributed by atoms with van der Waals surface area (Å²) in [6.07, 6.45) is 2.83. The zero-order chi connectivity index (χ0) is 17.9. The SMILES string of the molecule is O=C(CCC1C=CC2=C(NCCC2)N1)Nc1ccc(C(F)(F)F)cc1. The van der Waals surface area contributed by atoms with Crippen LogP contribution in [0.3, 0.4) is 0 Å². The van der Waals surface area contributed by atoms with Crippen molar-refractivity contribution >= 4 is 11.6 Å². The second-order valence-electron chi connectivity index (χ2n) is 6.20. The molecule has 3 N–H and O–H groups in total. The van der Waals surface area contributed by atoms with Gasteiger partial charge in [-0.1, -0.05) is 12.2 Å². The van der Waals surface area contributed by atoms with Gasteiger partial charge in [-0.15, -0.1) is 0 Å². The van der Waals surface area contributed by atoms with Gasteiger partial charge in [-0.2, -0.15) is 13.2 Å². The van der Waals surface area contributed by atoms with E-state index in [1.807, 2.05) is 0 Å². The predicted octanol–water partition coefficient (Wildman–Crippen LogP) is 3.55. The fourth-order valence-electron chi connectivity index (χ4n) is 2.93. The number of dihydropyridines is 1. The van der Waals surface area contributed by atoms with Crippen molar-refractivity contribution in [1.29, 1.82) is 0 Å². The van der Waals surface area contributed by atoms with E-state index in [2.05, 4.69) is 28.1 Å². The maximum Gasteiger partial charge on any atom is 0.416 e. The number of carbonyl (C=O) groups is 1. The molecule has 1 amide bonds. The van der Waals surface area contributed by atoms with Crippen LogP contribution in [-0.2, 0) is 11.0 Å². The van der Waals surface area contributed by atoms with Gasteiger partial charge in [0.15, 0.2) is 0 Å². The number of alkyl halides is 3. The van der Waals surface area contributed by atoms with Gasteiger partial charge in [0, 0.05) is 24.7 Å². The third-order valence-corrected chi connectivity index (χ3v) is 4.28. The topological polar surface area (TPSA) is 53.2 Å². The van der Waals surface area contributed by atoms with E-state index in [9.17, 15) is 18.0 Å². The molecular formula is C18H20F3N3O. The molecule has 0 bridgehead atoms. The molecule has 1 aromatic rings. The number of anilines is 1. The molecule has 0 aromatic heterocycles. The fraction of sp³-hybridized carbons (Fsp3) is 0.389. The van der Waals surface area contributed by atoms with E-state index in [4.69, 9.17) is 0 Å². The van der Waals surface area contributed by atoms with Gasteiger partial charge in [0.1, 0.15) is 5.82 Å². The van der Waals surface area contributed by atoms with Crippen LogP contribution in [0.15, 0.2) is 47.8 Å². The van der Waals surface area contributed by atoms with Crippen molar-refractivity contribution < 1.29 is 18.0 Å². The van der Waals surface area contributed by atoms with E-state index >= 15 is 0 Å². The molecular weight excluding hydrogens is 331 g/mol. The monoisotopic (exact) mass is 351 g/mol. The Kier molecular flexibility index (Phi) is 5.01. The zero-order valence-corrected chi connectivity index (χ0v) is 13.6. The van der Waals surface area contributed by atoms with Gasteiger partial charge in [-0.05, 0) is 49.1 Å². The van der Waals surface area contributed by atoms with Gasteiger partial charge >= 0.3 is 6.18 Å². The van der Waals surface area contributed by atoms with Crippen molar-refractivity contribution in [3.05, 3.63) is 53.4 Å². The molecule has 4 nitrogen and oxygen atoms in total. The van der Waals surface area contributed by atoms with Crippen LogP contribution in [-0.4, -0.2) is 18.5 Å². The van der Waals surface area contributed by atoms with Gasteiger partial charge < -0.3 is 16.0 Å². The minimum Gasteiger partial charge on any atom is -0.372 e. The first-order chi connectivity index (χ1) is 11.9. The number of hydrogen-bond donors (Lipinski definition) is 3. The molecule has 0 fully saturated rings. The highest BCUT2D eigenvalue weighted by Gasteiger charge is 2.30. The molecule has 0 aliphatic carbocycles. The van der Waals surface area contributed by atoms with Gasteiger partial charge in [-0.3, -0.25) is 4.79 Å². The zero-order valence-electron chi connectivity index (χ0n) is 13.6. The van der Waals surface area contributed by atoms with Crippen molar-refractivity contribution in [2.24, 2.45) is 0 Å². The summed E-state index contributed by atoms with van der Waals surface area (Å²) in [6, 6.07) is 4.53. The van der Waals surface area contributed by atoms with Crippen LogP contribution in [0.2, 0.25) is 0 Å². The van der Waals surface area contributed by atoms with Crippen LogP contribution in [0, 0.1) is 0 Å². The molecule has 0 spiro atoms. The number of hydrogen-bond acceptors (Lipinski definition) is 3. The Bertz CT molecular complexity index is 693. The number of amides is 1. The first kappa shape index (κ1) is 17.4. The quantitative estimate of drug-likeness (QED) is 0.778. The molecule has 3 rings (SSSR count). The molecule has 7 heteroatoms. The first-order valence-corrected chi connectivity index (χ1v) is 8.31. The Labute approximate surface area is 144 Å². The summed E-state index contributed by atoms with van der Waals surface area (Å²) in [6.45, 7) is 0.945. The molecule has 0 saturated carbocycles. The van der Waals surface area contributed by atoms with Gasteiger partial charge in [-0.25, -0.2) is 0 Å². The van der Waals surface area contributed by atoms with E-state index in [1.165, 1.54) is 17.7 Å². The molecule has 1 aromatic carbocycles. The third-order valence-electron chi connectivity index (χ3n) is 4.28. The van der Waals surface area contributed by atoms with E-state index in [1.54, 1.807) is 0 Å². The standard InChI is InChI=1S/C18H20F3N3O/c19-18(20,21)13-4-7-14(8-5-13)23-16(25)10-9-15-6-3-12-2-1-11-22-17(12)24-15/h3-8,15,22,24H,1-2,9-11H2,(H,23,25). The summed E-state index contributed by atoms with van der Waals surface area (Å²) in [5.41, 5.74) is 0.895. The number of nitrogens with one attached hydrogen (secondary N) is 3. The lowest BCUT2D eigenvalue weighted by Crippen LogP contribution is -2.39. The highest BCUT2D eigenvalue weighted by molar-refractivity contribution is 5.90. The Morgan fingerprint density at radius 1 is 1.24 bits per heavy atom. The summed E-state index contributed by atoms with van der Waals surface area (Å²) in [4.78, 5) is 12.0. The van der Waals surface area contributed by atoms with Crippen LogP contribution in [0.5, 0.6) is 0 Å². The molecule has 0 radical (unpaired) electrons. The van der Waals surface area contributed by atoms with E-state index in [0.29, 0.717) is 12.1 Å². The molecule has 2 aliphatic heterocycles. The molecule has 2 heterocycles. The Hall–Kier alpha value is -2.44. The van der Waals surface area contributed by atoms with Crippen LogP contribution < -0.4 is 16.0 Å². The molecule has 134 valence electrons. The van der Waals surface area contributed by atoms with Gasteiger partial charge in [0.2, 0.25) is 5.91 Å². The fourth-order valence-corrected chi connectivity index (χ4v) is 2.93. The summed E-state index contributed by atoms with van der Waals surface area (Å²) >= 11 is 0. The molecule has 25 heavy (non-hydrogen) atoms. The van der Waals surface area contributed by atoms with Crippen molar-refractivity contribution in [3.8, 4) is 0 Å². The minimum absolute atomic E-state index is 0.0719. The summed E-state index contributed by atoms with van der Waals surface area (Å²) in [5.74, 6) is 0.827. The molecule has 1 atom stereocenters. The van der Waals surface area contributed by atoms with Gasteiger partial charge in [0.25, 0.3) is 0 Å². The lowest BCUT2D eigenvalue weighted by Gasteiger charge is -2.29. The summed E-state index contributed by atoms with van der Waals surface area (Å²) in [5, 5.41) is 9.33. The van der Waals surface area contributed by atoms with Gasteiger partial charge in [0.05, 0.1) is 5.56 Å². The highest BCUT2D eigenvalue weighted by atomic mass is 19.4. The number of carbonyl (C=O) groups excluding carboxylic acids is 1. The minimum atomic E-state index is -4.37. The predicted molar refractivity (Wildman–Crippen MR) is 89.6 cm³/mol. The van der Waals surface area contributed by atoms with Crippen molar-refractivity contribution in [2.45, 2.75) is 37.9 Å². The van der Waals surface area contributed by atoms with E-state index in [0.717, 1.165) is 37.3 Å². The Morgan fingerprint density at radius 3 is 2.72 bits per heavy atom. The van der Waals surface area contributed by atoms with E-state index in [-0.39, 0.29) is 18.4 Å². The highest BCUT2D eigenvalue weighted by Crippen LogP contribution is 2.29. The molecule has 1 unspecified atom stereocenters. The summed E-state index contributed by atoms with van der Waals surface area (Å²) in [7, 11) is 0. The smallest absolute Gasteiger partial charge is 0.372 e. The normalized spacial score (nSPS) is 19.7. The first-order valence-electron chi connectivity index (χ1n) is 8.31. The Morgan fingerprint density at radius 2 is 2.00 bits per heavy atom. The van der Waals surface area contributed by atoms with Crippen molar-refractivity contribution in [1.82, 2.24) is 10.6 Å². The number of benzene rings is 1. The average Bonchev–Trinajstić information content (AvgIpc) is 2.59. The van der Waals surface area contributed by atoms with Crippen LogP contribution >= 0.6 is 0 Å². The lowest BCUT2D eigenvalue weighted by atomic mass is 10.00. The third kappa shape index (κ3) is 4.55. The number of allylic oxidation sites excluding steroid dienone is 2. The lowest BCUT2D eigenvalue weighted by molar-refractivity contribution is -0.137. The van der Waals surface area contributed by atoms with Crippen LogP contribution in [0.25, 0.3) is 0 Å². The maximum atomic E-state index is 12.5. The number of rotatable bonds is 4. The molecule has 0 saturated heterocycles. The van der Waals surface area contributed by atoms with Crippen molar-refractivity contribution in [3.63, 3.8) is 0 Å². The second kappa shape index (κ2) is 7.21. The molecule has 2 aliphatic rings. The second-order valence-corrected chi connectivity index (χ2v) is 6.20. The number of halogens is 3. The van der Waals surface area contributed by atoms with Crippen LogP contribution in [0.4, 0.5) is 18.9 Å². The largest absolute Gasteiger partial charge is 0.416 e.